The van der Waals surface area contributed by atoms with Crippen LogP contribution in [0, 0.1) is 6.92 Å². The molecule has 0 aromatic heterocycles. The van der Waals surface area contributed by atoms with Crippen molar-refractivity contribution in [1.29, 1.82) is 0 Å². The smallest absolute Gasteiger partial charge is 0.264 e. The molecule has 1 N–H and O–H groups in total. The summed E-state index contributed by atoms with van der Waals surface area (Å²) in [6.45, 7) is 5.27. The monoisotopic (exact) mass is 553 g/mol. The van der Waals surface area contributed by atoms with Gasteiger partial charge in [-0.1, -0.05) is 29.8 Å². The van der Waals surface area contributed by atoms with Crippen LogP contribution in [0.1, 0.15) is 25.0 Å². The lowest BCUT2D eigenvalue weighted by molar-refractivity contribution is -0.139. The van der Waals surface area contributed by atoms with Gasteiger partial charge in [0.25, 0.3) is 10.0 Å². The summed E-state index contributed by atoms with van der Waals surface area (Å²) in [7, 11) is -1.11. The fourth-order valence-electron chi connectivity index (χ4n) is 3.99. The predicted molar refractivity (Wildman–Crippen MR) is 150 cm³/mol. The first kappa shape index (κ1) is 29.5. The molecule has 1 atom stereocenters. The maximum Gasteiger partial charge on any atom is 0.264 e. The van der Waals surface area contributed by atoms with E-state index in [1.165, 1.54) is 24.1 Å². The summed E-state index contributed by atoms with van der Waals surface area (Å²) < 4.78 is 39.2. The molecule has 0 unspecified atom stereocenters. The highest BCUT2D eigenvalue weighted by Crippen LogP contribution is 2.26. The second-order valence-electron chi connectivity index (χ2n) is 8.97. The van der Waals surface area contributed by atoms with E-state index in [0.29, 0.717) is 23.7 Å². The number of anilines is 1. The molecule has 208 valence electrons. The highest BCUT2D eigenvalue weighted by molar-refractivity contribution is 7.92. The second-order valence-corrected chi connectivity index (χ2v) is 10.8. The first-order valence-electron chi connectivity index (χ1n) is 12.5. The summed E-state index contributed by atoms with van der Waals surface area (Å²) in [6.07, 6.45) is 0. The molecular formula is C29H35N3O6S. The first-order chi connectivity index (χ1) is 18.6. The zero-order valence-corrected chi connectivity index (χ0v) is 23.7. The Hall–Kier alpha value is -4.05. The van der Waals surface area contributed by atoms with Crippen molar-refractivity contribution in [2.45, 2.75) is 38.3 Å². The minimum Gasteiger partial charge on any atom is -0.497 e. The lowest BCUT2D eigenvalue weighted by atomic mass is 10.1. The molecule has 0 heterocycles. The van der Waals surface area contributed by atoms with Gasteiger partial charge in [0, 0.05) is 13.1 Å². The molecule has 0 aliphatic carbocycles. The number of hydrogen-bond acceptors (Lipinski definition) is 6. The van der Waals surface area contributed by atoms with Crippen LogP contribution in [0.3, 0.4) is 0 Å². The fourth-order valence-corrected chi connectivity index (χ4v) is 5.40. The molecule has 2 amide bonds. The van der Waals surface area contributed by atoms with E-state index in [1.54, 1.807) is 75.6 Å². The molecule has 0 aliphatic heterocycles. The lowest BCUT2D eigenvalue weighted by Crippen LogP contribution is -2.51. The Kier molecular flexibility index (Phi) is 9.95. The van der Waals surface area contributed by atoms with Crippen LogP contribution in [0.2, 0.25) is 0 Å². The van der Waals surface area contributed by atoms with Crippen LogP contribution in [0.4, 0.5) is 5.69 Å². The molecule has 0 radical (unpaired) electrons. The third-order valence-corrected chi connectivity index (χ3v) is 8.04. The quantitative estimate of drug-likeness (QED) is 0.366. The fraction of sp³-hybridized carbons (Fsp3) is 0.310. The number of nitrogens with zero attached hydrogens (tertiary/aromatic N) is 2. The van der Waals surface area contributed by atoms with E-state index in [-0.39, 0.29) is 17.3 Å². The highest BCUT2D eigenvalue weighted by atomic mass is 32.2. The van der Waals surface area contributed by atoms with Gasteiger partial charge in [-0.2, -0.15) is 0 Å². The molecule has 3 aromatic carbocycles. The van der Waals surface area contributed by atoms with Crippen molar-refractivity contribution in [1.82, 2.24) is 10.2 Å². The first-order valence-corrected chi connectivity index (χ1v) is 14.0. The number of sulfonamides is 1. The van der Waals surface area contributed by atoms with Gasteiger partial charge in [0.2, 0.25) is 11.8 Å². The van der Waals surface area contributed by atoms with Gasteiger partial charge in [-0.05, 0) is 74.9 Å². The number of hydrogen-bond donors (Lipinski definition) is 1. The molecule has 10 heteroatoms. The number of likely N-dealkylation sites (N-methyl/N-ethyl adjacent to an activating group) is 1. The average Bonchev–Trinajstić information content (AvgIpc) is 2.94. The van der Waals surface area contributed by atoms with Crippen molar-refractivity contribution in [3.05, 3.63) is 83.9 Å². The molecule has 0 aliphatic rings. The van der Waals surface area contributed by atoms with Crippen LogP contribution in [0.5, 0.6) is 11.5 Å². The van der Waals surface area contributed by atoms with E-state index >= 15 is 0 Å². The van der Waals surface area contributed by atoms with Crippen LogP contribution >= 0.6 is 0 Å². The lowest BCUT2D eigenvalue weighted by Gasteiger charge is -2.32. The molecule has 0 saturated carbocycles. The van der Waals surface area contributed by atoms with E-state index in [2.05, 4.69) is 5.32 Å². The van der Waals surface area contributed by atoms with E-state index < -0.39 is 28.5 Å². The van der Waals surface area contributed by atoms with Gasteiger partial charge in [0.1, 0.15) is 24.1 Å². The maximum atomic E-state index is 13.9. The number of ether oxygens (including phenoxy) is 2. The zero-order chi connectivity index (χ0) is 28.6. The summed E-state index contributed by atoms with van der Waals surface area (Å²) in [6, 6.07) is 19.2. The molecule has 0 fully saturated rings. The Balaban J connectivity index is 2.02. The van der Waals surface area contributed by atoms with Crippen molar-refractivity contribution < 1.29 is 27.5 Å². The molecule has 39 heavy (non-hydrogen) atoms. The molecular weight excluding hydrogens is 518 g/mol. The van der Waals surface area contributed by atoms with E-state index in [0.717, 1.165) is 15.4 Å². The number of carbonyl (C=O) groups excluding carboxylic acids is 2. The van der Waals surface area contributed by atoms with Crippen molar-refractivity contribution >= 4 is 27.5 Å². The standard InChI is InChI=1S/C29H35N3O6S/c1-6-30-29(34)22(3)31(19-23-8-7-9-26(18-23)38-5)28(33)20-32(24-12-10-21(2)11-13-24)39(35,36)27-16-14-25(37-4)15-17-27/h7-18,22H,6,19-20H2,1-5H3,(H,30,34)/t22-/m0/s1. The zero-order valence-electron chi connectivity index (χ0n) is 22.9. The van der Waals surface area contributed by atoms with Crippen molar-refractivity contribution in [3.8, 4) is 11.5 Å². The minimum absolute atomic E-state index is 0.00722. The number of benzene rings is 3. The SMILES string of the molecule is CCNC(=O)[C@H](C)N(Cc1cccc(OC)c1)C(=O)CN(c1ccc(C)cc1)S(=O)(=O)c1ccc(OC)cc1. The van der Waals surface area contributed by atoms with Gasteiger partial charge >= 0.3 is 0 Å². The number of carbonyl (C=O) groups is 2. The van der Waals surface area contributed by atoms with Gasteiger partial charge < -0.3 is 19.7 Å². The maximum absolute atomic E-state index is 13.9. The Morgan fingerprint density at radius 1 is 0.923 bits per heavy atom. The van der Waals surface area contributed by atoms with Crippen LogP contribution in [0.25, 0.3) is 0 Å². The summed E-state index contributed by atoms with van der Waals surface area (Å²) >= 11 is 0. The van der Waals surface area contributed by atoms with E-state index in [4.69, 9.17) is 9.47 Å². The summed E-state index contributed by atoms with van der Waals surface area (Å²) in [5.74, 6) is 0.240. The Bertz CT molecular complexity index is 1370. The highest BCUT2D eigenvalue weighted by Gasteiger charge is 2.32. The Labute approximate surface area is 230 Å². The third kappa shape index (κ3) is 7.29. The number of rotatable bonds is 12. The van der Waals surface area contributed by atoms with Crippen LogP contribution < -0.4 is 19.1 Å². The number of aryl methyl sites for hydroxylation is 1. The minimum atomic E-state index is -4.15. The molecule has 0 bridgehead atoms. The molecule has 0 spiro atoms. The molecule has 9 nitrogen and oxygen atoms in total. The third-order valence-electron chi connectivity index (χ3n) is 6.25. The molecule has 3 rings (SSSR count). The topological polar surface area (TPSA) is 105 Å². The summed E-state index contributed by atoms with van der Waals surface area (Å²) in [5, 5.41) is 2.75. The van der Waals surface area contributed by atoms with Crippen LogP contribution in [0.15, 0.2) is 77.7 Å². The van der Waals surface area contributed by atoms with Crippen molar-refractivity contribution in [3.63, 3.8) is 0 Å². The van der Waals surface area contributed by atoms with Crippen LogP contribution in [-0.2, 0) is 26.2 Å². The number of methoxy groups -OCH3 is 2. The summed E-state index contributed by atoms with van der Waals surface area (Å²) in [4.78, 5) is 28.1. The van der Waals surface area contributed by atoms with E-state index in [9.17, 15) is 18.0 Å². The van der Waals surface area contributed by atoms with Gasteiger partial charge in [-0.25, -0.2) is 8.42 Å². The van der Waals surface area contributed by atoms with Gasteiger partial charge in [0.05, 0.1) is 24.8 Å². The van der Waals surface area contributed by atoms with Crippen molar-refractivity contribution in [2.75, 3.05) is 31.6 Å². The summed E-state index contributed by atoms with van der Waals surface area (Å²) in [5.41, 5.74) is 2.01. The average molecular weight is 554 g/mol. The Morgan fingerprint density at radius 2 is 1.56 bits per heavy atom. The number of nitrogens with one attached hydrogen (secondary N) is 1. The molecule has 0 saturated heterocycles. The van der Waals surface area contributed by atoms with Crippen molar-refractivity contribution in [2.24, 2.45) is 0 Å². The van der Waals surface area contributed by atoms with Gasteiger partial charge in [-0.3, -0.25) is 13.9 Å². The normalized spacial score (nSPS) is 11.8. The van der Waals surface area contributed by atoms with Gasteiger partial charge in [0.15, 0.2) is 0 Å². The second kappa shape index (κ2) is 13.1. The largest absolute Gasteiger partial charge is 0.497 e. The number of amides is 2. The van der Waals surface area contributed by atoms with Crippen LogP contribution in [-0.4, -0.2) is 58.5 Å². The predicted octanol–water partition coefficient (Wildman–Crippen LogP) is 3.76. The van der Waals surface area contributed by atoms with E-state index in [1.807, 2.05) is 13.0 Å². The van der Waals surface area contributed by atoms with Gasteiger partial charge in [-0.15, -0.1) is 0 Å². The molecule has 3 aromatic rings. The Morgan fingerprint density at radius 3 is 2.15 bits per heavy atom.